The van der Waals surface area contributed by atoms with Gasteiger partial charge >= 0.3 is 6.01 Å². The summed E-state index contributed by atoms with van der Waals surface area (Å²) >= 11 is 0. The van der Waals surface area contributed by atoms with E-state index in [1.54, 1.807) is 7.11 Å². The van der Waals surface area contributed by atoms with Crippen LogP contribution in [0.5, 0.6) is 6.01 Å². The molecule has 0 spiro atoms. The highest BCUT2D eigenvalue weighted by Gasteiger charge is 2.26. The summed E-state index contributed by atoms with van der Waals surface area (Å²) in [4.78, 5) is 24.9. The third kappa shape index (κ3) is 2.77. The number of hydrogen-bond donors (Lipinski definition) is 0. The van der Waals surface area contributed by atoms with Crippen LogP contribution in [0, 0.1) is 0 Å². The number of hydrogen-bond acceptors (Lipinski definition) is 5. The van der Waals surface area contributed by atoms with Gasteiger partial charge < -0.3 is 14.5 Å². The van der Waals surface area contributed by atoms with Gasteiger partial charge in [0.15, 0.2) is 0 Å². The molecule has 0 aromatic carbocycles. The first-order chi connectivity index (χ1) is 10.7. The van der Waals surface area contributed by atoms with Gasteiger partial charge in [-0.2, -0.15) is 9.97 Å². The number of fused-ring (bicyclic) bond motifs is 1. The first-order valence-corrected chi connectivity index (χ1v) is 7.83. The number of carbonyl (C=O) groups excluding carboxylic acids is 1. The number of rotatable bonds is 3. The van der Waals surface area contributed by atoms with Crippen molar-refractivity contribution in [3.8, 4) is 6.01 Å². The van der Waals surface area contributed by atoms with Crippen LogP contribution in [-0.4, -0.2) is 54.1 Å². The summed E-state index contributed by atoms with van der Waals surface area (Å²) < 4.78 is 5.26. The zero-order valence-electron chi connectivity index (χ0n) is 13.0. The minimum Gasteiger partial charge on any atom is -0.467 e. The molecule has 1 fully saturated rings. The lowest BCUT2D eigenvalue weighted by Crippen LogP contribution is -2.49. The van der Waals surface area contributed by atoms with Gasteiger partial charge in [0.05, 0.1) is 12.8 Å². The molecular weight excluding hydrogens is 280 g/mol. The maximum Gasteiger partial charge on any atom is 0.318 e. The molecule has 0 unspecified atom stereocenters. The molecule has 2 aliphatic rings. The Kier molecular flexibility index (Phi) is 4.27. The van der Waals surface area contributed by atoms with Crippen LogP contribution in [0.25, 0.3) is 0 Å². The summed E-state index contributed by atoms with van der Waals surface area (Å²) in [5.74, 6) is 0.995. The number of piperazine rings is 1. The predicted molar refractivity (Wildman–Crippen MR) is 84.2 cm³/mol. The molecule has 6 nitrogen and oxygen atoms in total. The SMILES string of the molecule is C=CC(=O)N1CCN(c2nc(OC)nc3c2CCCC3)CC1. The van der Waals surface area contributed by atoms with E-state index < -0.39 is 0 Å². The average molecular weight is 302 g/mol. The van der Waals surface area contributed by atoms with Gasteiger partial charge in [-0.1, -0.05) is 6.58 Å². The Bertz CT molecular complexity index is 580. The number of anilines is 1. The minimum absolute atomic E-state index is 0.00180. The highest BCUT2D eigenvalue weighted by atomic mass is 16.5. The maximum absolute atomic E-state index is 11.7. The van der Waals surface area contributed by atoms with E-state index in [1.165, 1.54) is 24.5 Å². The van der Waals surface area contributed by atoms with Gasteiger partial charge in [0.1, 0.15) is 5.82 Å². The maximum atomic E-state index is 11.7. The fourth-order valence-corrected chi connectivity index (χ4v) is 3.17. The van der Waals surface area contributed by atoms with Crippen molar-refractivity contribution in [2.75, 3.05) is 38.2 Å². The fourth-order valence-electron chi connectivity index (χ4n) is 3.17. The number of aryl methyl sites for hydroxylation is 1. The van der Waals surface area contributed by atoms with Crippen LogP contribution >= 0.6 is 0 Å². The smallest absolute Gasteiger partial charge is 0.318 e. The zero-order valence-corrected chi connectivity index (χ0v) is 13.0. The van der Waals surface area contributed by atoms with Gasteiger partial charge in [-0.25, -0.2) is 0 Å². The summed E-state index contributed by atoms with van der Waals surface area (Å²) in [5.41, 5.74) is 2.38. The molecule has 1 aromatic heterocycles. The number of nitrogens with zero attached hydrogens (tertiary/aromatic N) is 4. The van der Waals surface area contributed by atoms with Crippen LogP contribution in [0.3, 0.4) is 0 Å². The molecular formula is C16H22N4O2. The first kappa shape index (κ1) is 14.8. The van der Waals surface area contributed by atoms with Crippen molar-refractivity contribution in [2.45, 2.75) is 25.7 Å². The molecule has 1 aliphatic carbocycles. The average Bonchev–Trinajstić information content (AvgIpc) is 2.60. The van der Waals surface area contributed by atoms with Crippen LogP contribution in [0.4, 0.5) is 5.82 Å². The summed E-state index contributed by atoms with van der Waals surface area (Å²) in [7, 11) is 1.61. The van der Waals surface area contributed by atoms with Crippen molar-refractivity contribution >= 4 is 11.7 Å². The van der Waals surface area contributed by atoms with Crippen LogP contribution in [0.1, 0.15) is 24.1 Å². The number of carbonyl (C=O) groups is 1. The van der Waals surface area contributed by atoms with Gasteiger partial charge in [-0.3, -0.25) is 4.79 Å². The van der Waals surface area contributed by atoms with Crippen molar-refractivity contribution in [2.24, 2.45) is 0 Å². The third-order valence-corrected chi connectivity index (χ3v) is 4.39. The highest BCUT2D eigenvalue weighted by Crippen LogP contribution is 2.30. The van der Waals surface area contributed by atoms with E-state index in [9.17, 15) is 4.79 Å². The van der Waals surface area contributed by atoms with E-state index in [0.717, 1.165) is 37.4 Å². The Morgan fingerprint density at radius 3 is 2.59 bits per heavy atom. The van der Waals surface area contributed by atoms with Crippen molar-refractivity contribution in [3.05, 3.63) is 23.9 Å². The third-order valence-electron chi connectivity index (χ3n) is 4.39. The number of methoxy groups -OCH3 is 1. The van der Waals surface area contributed by atoms with E-state index in [0.29, 0.717) is 19.1 Å². The van der Waals surface area contributed by atoms with Gasteiger partial charge in [0.2, 0.25) is 5.91 Å². The predicted octanol–water partition coefficient (Wildman–Crippen LogP) is 1.20. The Morgan fingerprint density at radius 2 is 1.91 bits per heavy atom. The molecule has 6 heteroatoms. The normalized spacial score (nSPS) is 17.9. The second kappa shape index (κ2) is 6.34. The molecule has 118 valence electrons. The van der Waals surface area contributed by atoms with Gasteiger partial charge in [0, 0.05) is 31.7 Å². The Morgan fingerprint density at radius 1 is 1.18 bits per heavy atom. The standard InChI is InChI=1S/C16H22N4O2/c1-3-14(21)19-8-10-20(11-9-19)15-12-6-4-5-7-13(12)17-16(18-15)22-2/h3H,1,4-11H2,2H3. The van der Waals surface area contributed by atoms with Crippen molar-refractivity contribution in [3.63, 3.8) is 0 Å². The van der Waals surface area contributed by atoms with E-state index in [1.807, 2.05) is 4.90 Å². The number of ether oxygens (including phenoxy) is 1. The zero-order chi connectivity index (χ0) is 15.5. The summed E-state index contributed by atoms with van der Waals surface area (Å²) in [6, 6.07) is 0.445. The molecule has 1 aliphatic heterocycles. The molecule has 1 amide bonds. The quantitative estimate of drug-likeness (QED) is 0.785. The van der Waals surface area contributed by atoms with E-state index >= 15 is 0 Å². The second-order valence-corrected chi connectivity index (χ2v) is 5.68. The number of amides is 1. The second-order valence-electron chi connectivity index (χ2n) is 5.68. The van der Waals surface area contributed by atoms with Gasteiger partial charge in [0.25, 0.3) is 0 Å². The Hall–Kier alpha value is -2.11. The van der Waals surface area contributed by atoms with Crippen molar-refractivity contribution in [1.29, 1.82) is 0 Å². The molecule has 3 rings (SSSR count). The van der Waals surface area contributed by atoms with E-state index in [2.05, 4.69) is 21.4 Å². The molecule has 0 radical (unpaired) electrons. The van der Waals surface area contributed by atoms with Crippen LogP contribution in [0.2, 0.25) is 0 Å². The summed E-state index contributed by atoms with van der Waals surface area (Å²) in [5, 5.41) is 0. The van der Waals surface area contributed by atoms with Crippen LogP contribution in [-0.2, 0) is 17.6 Å². The van der Waals surface area contributed by atoms with Gasteiger partial charge in [-0.15, -0.1) is 0 Å². The lowest BCUT2D eigenvalue weighted by Gasteiger charge is -2.36. The first-order valence-electron chi connectivity index (χ1n) is 7.83. The monoisotopic (exact) mass is 302 g/mol. The number of aromatic nitrogens is 2. The van der Waals surface area contributed by atoms with Crippen molar-refractivity contribution in [1.82, 2.24) is 14.9 Å². The molecule has 1 aromatic rings. The molecule has 0 N–H and O–H groups in total. The summed E-state index contributed by atoms with van der Waals surface area (Å²) in [6.45, 7) is 6.52. The Balaban J connectivity index is 1.83. The minimum atomic E-state index is 0.00180. The Labute approximate surface area is 130 Å². The van der Waals surface area contributed by atoms with Gasteiger partial charge in [-0.05, 0) is 31.8 Å². The highest BCUT2D eigenvalue weighted by molar-refractivity contribution is 5.87. The fraction of sp³-hybridized carbons (Fsp3) is 0.562. The molecule has 2 heterocycles. The largest absolute Gasteiger partial charge is 0.467 e. The van der Waals surface area contributed by atoms with Crippen molar-refractivity contribution < 1.29 is 9.53 Å². The van der Waals surface area contributed by atoms with E-state index in [-0.39, 0.29) is 5.91 Å². The topological polar surface area (TPSA) is 58.6 Å². The molecule has 0 saturated carbocycles. The van der Waals surface area contributed by atoms with E-state index in [4.69, 9.17) is 4.74 Å². The van der Waals surface area contributed by atoms with Crippen LogP contribution in [0.15, 0.2) is 12.7 Å². The molecule has 22 heavy (non-hydrogen) atoms. The molecule has 1 saturated heterocycles. The molecule has 0 atom stereocenters. The lowest BCUT2D eigenvalue weighted by atomic mass is 9.96. The van der Waals surface area contributed by atoms with Crippen LogP contribution < -0.4 is 9.64 Å². The summed E-state index contributed by atoms with van der Waals surface area (Å²) in [6.07, 6.45) is 5.76. The lowest BCUT2D eigenvalue weighted by molar-refractivity contribution is -0.126. The molecule has 0 bridgehead atoms.